The van der Waals surface area contributed by atoms with Gasteiger partial charge in [-0.15, -0.1) is 0 Å². The standard InChI is InChI=1S/C17H22N2O3/c1-2-14-17(21)19(13-7-3-4-8-15(13)22-14)12-9-16(20)18-10-5-6-11-18/h3-4,7-8,14H,2,5-6,9-12H2,1H3. The lowest BCUT2D eigenvalue weighted by Gasteiger charge is -2.34. The summed E-state index contributed by atoms with van der Waals surface area (Å²) in [6.07, 6.45) is 2.73. The van der Waals surface area contributed by atoms with Gasteiger partial charge >= 0.3 is 0 Å². The molecular weight excluding hydrogens is 280 g/mol. The number of carbonyl (C=O) groups is 2. The first kappa shape index (κ1) is 14.9. The number of ether oxygens (including phenoxy) is 1. The van der Waals surface area contributed by atoms with E-state index in [4.69, 9.17) is 4.74 Å². The highest BCUT2D eigenvalue weighted by Gasteiger charge is 2.33. The van der Waals surface area contributed by atoms with Crippen molar-refractivity contribution in [3.8, 4) is 5.75 Å². The van der Waals surface area contributed by atoms with Gasteiger partial charge in [0.1, 0.15) is 5.75 Å². The number of nitrogens with zero attached hydrogens (tertiary/aromatic N) is 2. The van der Waals surface area contributed by atoms with Gasteiger partial charge in [-0.25, -0.2) is 0 Å². The summed E-state index contributed by atoms with van der Waals surface area (Å²) in [6.45, 7) is 4.06. The normalized spacial score (nSPS) is 20.8. The minimum absolute atomic E-state index is 0.0459. The first-order valence-electron chi connectivity index (χ1n) is 8.05. The largest absolute Gasteiger partial charge is 0.478 e. The maximum absolute atomic E-state index is 12.5. The van der Waals surface area contributed by atoms with E-state index >= 15 is 0 Å². The molecule has 1 atom stereocenters. The van der Waals surface area contributed by atoms with Gasteiger partial charge in [-0.2, -0.15) is 0 Å². The lowest BCUT2D eigenvalue weighted by molar-refractivity contribution is -0.130. The summed E-state index contributed by atoms with van der Waals surface area (Å²) in [7, 11) is 0. The van der Waals surface area contributed by atoms with Crippen LogP contribution in [0, 0.1) is 0 Å². The third-order valence-electron chi connectivity index (χ3n) is 4.35. The molecule has 1 unspecified atom stereocenters. The Morgan fingerprint density at radius 2 is 2.00 bits per heavy atom. The quantitative estimate of drug-likeness (QED) is 0.857. The molecule has 0 bridgehead atoms. The molecule has 2 aliphatic heterocycles. The van der Waals surface area contributed by atoms with E-state index < -0.39 is 6.10 Å². The summed E-state index contributed by atoms with van der Waals surface area (Å²) >= 11 is 0. The van der Waals surface area contributed by atoms with E-state index in [1.807, 2.05) is 36.1 Å². The van der Waals surface area contributed by atoms with Crippen LogP contribution in [0.4, 0.5) is 5.69 Å². The molecule has 1 aromatic carbocycles. The van der Waals surface area contributed by atoms with Crippen molar-refractivity contribution in [2.24, 2.45) is 0 Å². The number of hydrogen-bond acceptors (Lipinski definition) is 3. The van der Waals surface area contributed by atoms with E-state index in [0.717, 1.165) is 37.4 Å². The lowest BCUT2D eigenvalue weighted by atomic mass is 10.1. The van der Waals surface area contributed by atoms with Crippen LogP contribution in [-0.4, -0.2) is 42.5 Å². The molecule has 3 rings (SSSR count). The van der Waals surface area contributed by atoms with Crippen molar-refractivity contribution in [3.05, 3.63) is 24.3 Å². The topological polar surface area (TPSA) is 49.9 Å². The van der Waals surface area contributed by atoms with Gasteiger partial charge in [0.05, 0.1) is 5.69 Å². The minimum Gasteiger partial charge on any atom is -0.478 e. The van der Waals surface area contributed by atoms with Crippen molar-refractivity contribution >= 4 is 17.5 Å². The van der Waals surface area contributed by atoms with Crippen LogP contribution in [-0.2, 0) is 9.59 Å². The molecule has 0 aliphatic carbocycles. The highest BCUT2D eigenvalue weighted by Crippen LogP contribution is 2.34. The summed E-state index contributed by atoms with van der Waals surface area (Å²) in [4.78, 5) is 28.3. The van der Waals surface area contributed by atoms with Crippen molar-refractivity contribution in [3.63, 3.8) is 0 Å². The second kappa shape index (κ2) is 6.38. The Morgan fingerprint density at radius 3 is 2.73 bits per heavy atom. The molecule has 0 radical (unpaired) electrons. The minimum atomic E-state index is -0.447. The molecule has 1 saturated heterocycles. The van der Waals surface area contributed by atoms with Crippen molar-refractivity contribution in [2.75, 3.05) is 24.5 Å². The van der Waals surface area contributed by atoms with Crippen molar-refractivity contribution in [1.82, 2.24) is 4.90 Å². The number of amides is 2. The number of likely N-dealkylation sites (tertiary alicyclic amines) is 1. The second-order valence-electron chi connectivity index (χ2n) is 5.81. The number of para-hydroxylation sites is 2. The molecule has 22 heavy (non-hydrogen) atoms. The molecule has 1 fully saturated rings. The Hall–Kier alpha value is -2.04. The summed E-state index contributed by atoms with van der Waals surface area (Å²) in [5.41, 5.74) is 0.770. The maximum Gasteiger partial charge on any atom is 0.268 e. The van der Waals surface area contributed by atoms with Gasteiger partial charge < -0.3 is 14.5 Å². The van der Waals surface area contributed by atoms with Crippen LogP contribution in [0.5, 0.6) is 5.75 Å². The van der Waals surface area contributed by atoms with Gasteiger partial charge in [0.2, 0.25) is 5.91 Å². The highest BCUT2D eigenvalue weighted by molar-refractivity contribution is 6.00. The molecule has 1 aromatic rings. The Kier molecular flexibility index (Phi) is 4.32. The average molecular weight is 302 g/mol. The molecule has 2 amide bonds. The monoisotopic (exact) mass is 302 g/mol. The fourth-order valence-electron chi connectivity index (χ4n) is 3.10. The molecule has 2 aliphatic rings. The zero-order valence-electron chi connectivity index (χ0n) is 13.0. The van der Waals surface area contributed by atoms with Crippen molar-refractivity contribution in [2.45, 2.75) is 38.7 Å². The molecule has 2 heterocycles. The predicted octanol–water partition coefficient (Wildman–Crippen LogP) is 2.20. The Bertz CT molecular complexity index is 567. The third-order valence-corrected chi connectivity index (χ3v) is 4.35. The van der Waals surface area contributed by atoms with Gasteiger partial charge in [-0.1, -0.05) is 19.1 Å². The Balaban J connectivity index is 1.73. The van der Waals surface area contributed by atoms with E-state index in [1.165, 1.54) is 0 Å². The number of benzene rings is 1. The van der Waals surface area contributed by atoms with Crippen LogP contribution in [0.3, 0.4) is 0 Å². The number of anilines is 1. The Morgan fingerprint density at radius 1 is 1.27 bits per heavy atom. The van der Waals surface area contributed by atoms with Crippen LogP contribution in [0.15, 0.2) is 24.3 Å². The van der Waals surface area contributed by atoms with E-state index in [1.54, 1.807) is 4.90 Å². The summed E-state index contributed by atoms with van der Waals surface area (Å²) in [5, 5.41) is 0. The van der Waals surface area contributed by atoms with E-state index in [0.29, 0.717) is 19.4 Å². The van der Waals surface area contributed by atoms with Crippen LogP contribution >= 0.6 is 0 Å². The van der Waals surface area contributed by atoms with E-state index in [9.17, 15) is 9.59 Å². The molecular formula is C17H22N2O3. The van der Waals surface area contributed by atoms with Gasteiger partial charge in [0, 0.05) is 26.1 Å². The lowest BCUT2D eigenvalue weighted by Crippen LogP contribution is -2.47. The Labute approximate surface area is 130 Å². The van der Waals surface area contributed by atoms with Crippen LogP contribution in [0.1, 0.15) is 32.6 Å². The number of carbonyl (C=O) groups excluding carboxylic acids is 2. The molecule has 0 spiro atoms. The summed E-state index contributed by atoms with van der Waals surface area (Å²) in [6, 6.07) is 7.53. The summed E-state index contributed by atoms with van der Waals surface area (Å²) < 4.78 is 5.74. The highest BCUT2D eigenvalue weighted by atomic mass is 16.5. The summed E-state index contributed by atoms with van der Waals surface area (Å²) in [5.74, 6) is 0.820. The van der Waals surface area contributed by atoms with Crippen LogP contribution in [0.2, 0.25) is 0 Å². The number of fused-ring (bicyclic) bond motifs is 1. The zero-order valence-corrected chi connectivity index (χ0v) is 13.0. The van der Waals surface area contributed by atoms with Crippen LogP contribution in [0.25, 0.3) is 0 Å². The van der Waals surface area contributed by atoms with Gasteiger partial charge in [0.25, 0.3) is 5.91 Å². The van der Waals surface area contributed by atoms with E-state index in [-0.39, 0.29) is 11.8 Å². The fourth-order valence-corrected chi connectivity index (χ4v) is 3.10. The molecule has 0 aromatic heterocycles. The zero-order chi connectivity index (χ0) is 15.5. The fraction of sp³-hybridized carbons (Fsp3) is 0.529. The molecule has 0 saturated carbocycles. The van der Waals surface area contributed by atoms with Crippen molar-refractivity contribution in [1.29, 1.82) is 0 Å². The number of rotatable bonds is 4. The second-order valence-corrected chi connectivity index (χ2v) is 5.81. The van der Waals surface area contributed by atoms with E-state index in [2.05, 4.69) is 0 Å². The van der Waals surface area contributed by atoms with Gasteiger partial charge in [-0.05, 0) is 31.4 Å². The first-order valence-corrected chi connectivity index (χ1v) is 8.05. The van der Waals surface area contributed by atoms with Gasteiger partial charge in [-0.3, -0.25) is 9.59 Å². The SMILES string of the molecule is CCC1Oc2ccccc2N(CCC(=O)N2CCCC2)C1=O. The smallest absolute Gasteiger partial charge is 0.268 e. The average Bonchev–Trinajstić information content (AvgIpc) is 3.07. The number of hydrogen-bond donors (Lipinski definition) is 0. The van der Waals surface area contributed by atoms with Gasteiger partial charge in [0.15, 0.2) is 6.10 Å². The molecule has 5 nitrogen and oxygen atoms in total. The van der Waals surface area contributed by atoms with Crippen molar-refractivity contribution < 1.29 is 14.3 Å². The van der Waals surface area contributed by atoms with Crippen LogP contribution < -0.4 is 9.64 Å². The maximum atomic E-state index is 12.5. The third kappa shape index (κ3) is 2.80. The molecule has 118 valence electrons. The molecule has 0 N–H and O–H groups in total. The predicted molar refractivity (Wildman–Crippen MR) is 83.9 cm³/mol. The first-order chi connectivity index (χ1) is 10.7. The molecule has 5 heteroatoms.